The van der Waals surface area contributed by atoms with E-state index in [4.69, 9.17) is 15.5 Å². The lowest BCUT2D eigenvalue weighted by Gasteiger charge is -2.47. The first-order valence-electron chi connectivity index (χ1n) is 11.1. The quantitative estimate of drug-likeness (QED) is 0.562. The number of piperidine rings is 1. The number of fused-ring (bicyclic) bond motifs is 2. The summed E-state index contributed by atoms with van der Waals surface area (Å²) in [6, 6.07) is 7.06. The second kappa shape index (κ2) is 6.32. The van der Waals surface area contributed by atoms with E-state index in [0.717, 1.165) is 52.2 Å². The minimum Gasteiger partial charge on any atom is -0.491 e. The zero-order chi connectivity index (χ0) is 21.6. The zero-order valence-corrected chi connectivity index (χ0v) is 18.5. The number of ether oxygens (including phenoxy) is 1. The molecule has 7 rings (SSSR count). The second-order valence-corrected chi connectivity index (χ2v) is 10.5. The maximum Gasteiger partial charge on any atom is 0.263 e. The summed E-state index contributed by atoms with van der Waals surface area (Å²) in [7, 11) is 0. The van der Waals surface area contributed by atoms with Gasteiger partial charge in [-0.3, -0.25) is 4.79 Å². The number of amides is 1. The summed E-state index contributed by atoms with van der Waals surface area (Å²) >= 11 is 1.33. The van der Waals surface area contributed by atoms with Gasteiger partial charge in [-0.1, -0.05) is 0 Å². The van der Waals surface area contributed by atoms with Crippen molar-refractivity contribution in [1.29, 1.82) is 0 Å². The smallest absolute Gasteiger partial charge is 0.263 e. The Balaban J connectivity index is 1.06. The van der Waals surface area contributed by atoms with Crippen molar-refractivity contribution in [3.63, 3.8) is 0 Å². The average molecular weight is 449 g/mol. The van der Waals surface area contributed by atoms with Crippen LogP contribution >= 0.6 is 11.3 Å². The molecule has 3 unspecified atom stereocenters. The third kappa shape index (κ3) is 2.55. The molecule has 1 amide bonds. The number of nitrogens with two attached hydrogens (primary N) is 1. The number of nitrogen functional groups attached to an aromatic ring is 1. The van der Waals surface area contributed by atoms with Crippen LogP contribution in [-0.4, -0.2) is 53.7 Å². The first kappa shape index (κ1) is 18.6. The van der Waals surface area contributed by atoms with Crippen LogP contribution in [0, 0.1) is 12.3 Å². The van der Waals surface area contributed by atoms with Crippen molar-refractivity contribution in [3.05, 3.63) is 40.5 Å². The summed E-state index contributed by atoms with van der Waals surface area (Å²) in [5.74, 6) is 1.70. The number of nitrogens with one attached hydrogen (secondary N) is 2. The minimum atomic E-state index is -0.177. The molecule has 32 heavy (non-hydrogen) atoms. The highest BCUT2D eigenvalue weighted by Crippen LogP contribution is 2.61. The maximum absolute atomic E-state index is 12.9. The Morgan fingerprint density at radius 3 is 3.19 bits per heavy atom. The Hall–Kier alpha value is -2.91. The van der Waals surface area contributed by atoms with Crippen LogP contribution in [0.25, 0.3) is 10.2 Å². The zero-order valence-electron chi connectivity index (χ0n) is 17.7. The number of rotatable bonds is 3. The van der Waals surface area contributed by atoms with Crippen molar-refractivity contribution in [2.24, 2.45) is 5.41 Å². The molecule has 1 saturated carbocycles. The van der Waals surface area contributed by atoms with Crippen LogP contribution in [0.5, 0.6) is 5.75 Å². The highest BCUT2D eigenvalue weighted by atomic mass is 32.1. The SMILES string of the molecule is Cc1ccc2c(N)c(C(=O)N[C@H]3COc4cc(N5CC67CC6NCC57)ncc4C3)sc2n1. The van der Waals surface area contributed by atoms with Gasteiger partial charge in [0.15, 0.2) is 0 Å². The molecule has 3 aromatic rings. The monoisotopic (exact) mass is 448 g/mol. The van der Waals surface area contributed by atoms with Gasteiger partial charge in [0.1, 0.15) is 27.9 Å². The fourth-order valence-corrected chi connectivity index (χ4v) is 6.74. The van der Waals surface area contributed by atoms with Crippen LogP contribution < -0.4 is 26.0 Å². The van der Waals surface area contributed by atoms with Gasteiger partial charge in [0, 0.05) is 59.9 Å². The van der Waals surface area contributed by atoms with Crippen LogP contribution in [0.1, 0.15) is 27.3 Å². The molecule has 3 fully saturated rings. The molecular formula is C23H24N6O2S. The van der Waals surface area contributed by atoms with Crippen LogP contribution in [0.3, 0.4) is 0 Å². The van der Waals surface area contributed by atoms with Crippen molar-refractivity contribution < 1.29 is 9.53 Å². The van der Waals surface area contributed by atoms with Gasteiger partial charge < -0.3 is 26.0 Å². The van der Waals surface area contributed by atoms with Crippen LogP contribution in [0.4, 0.5) is 11.5 Å². The van der Waals surface area contributed by atoms with E-state index < -0.39 is 0 Å². The molecule has 0 radical (unpaired) electrons. The molecule has 2 saturated heterocycles. The van der Waals surface area contributed by atoms with E-state index in [1.165, 1.54) is 17.8 Å². The fraction of sp³-hybridized carbons (Fsp3) is 0.435. The Labute approximate surface area is 189 Å². The van der Waals surface area contributed by atoms with E-state index in [9.17, 15) is 4.79 Å². The predicted molar refractivity (Wildman–Crippen MR) is 123 cm³/mol. The molecular weight excluding hydrogens is 424 g/mol. The molecule has 3 aromatic heterocycles. The van der Waals surface area contributed by atoms with E-state index in [-0.39, 0.29) is 11.9 Å². The molecule has 9 heteroatoms. The average Bonchev–Trinajstić information content (AvgIpc) is 3.33. The van der Waals surface area contributed by atoms with Gasteiger partial charge in [-0.25, -0.2) is 9.97 Å². The van der Waals surface area contributed by atoms with E-state index >= 15 is 0 Å². The number of hydrogen-bond donors (Lipinski definition) is 3. The summed E-state index contributed by atoms with van der Waals surface area (Å²) in [4.78, 5) is 25.9. The number of anilines is 2. The summed E-state index contributed by atoms with van der Waals surface area (Å²) in [5, 5.41) is 7.52. The summed E-state index contributed by atoms with van der Waals surface area (Å²) in [6.45, 7) is 4.50. The van der Waals surface area contributed by atoms with Crippen molar-refractivity contribution >= 4 is 39.0 Å². The van der Waals surface area contributed by atoms with Crippen molar-refractivity contribution in [1.82, 2.24) is 20.6 Å². The highest BCUT2D eigenvalue weighted by Gasteiger charge is 2.71. The largest absolute Gasteiger partial charge is 0.491 e. The number of carbonyl (C=O) groups is 1. The van der Waals surface area contributed by atoms with Gasteiger partial charge in [-0.05, 0) is 25.5 Å². The lowest BCUT2D eigenvalue weighted by molar-refractivity contribution is 0.0920. The van der Waals surface area contributed by atoms with E-state index in [1.807, 2.05) is 25.3 Å². The van der Waals surface area contributed by atoms with Crippen molar-refractivity contribution in [2.75, 3.05) is 30.3 Å². The molecule has 4 atom stereocenters. The normalized spacial score (nSPS) is 29.5. The summed E-state index contributed by atoms with van der Waals surface area (Å²) in [5.41, 5.74) is 9.18. The molecule has 1 spiro atoms. The van der Waals surface area contributed by atoms with E-state index in [1.54, 1.807) is 0 Å². The molecule has 4 aliphatic rings. The molecule has 6 heterocycles. The van der Waals surface area contributed by atoms with Crippen LogP contribution in [-0.2, 0) is 6.42 Å². The summed E-state index contributed by atoms with van der Waals surface area (Å²) < 4.78 is 6.05. The van der Waals surface area contributed by atoms with Crippen molar-refractivity contribution in [2.45, 2.75) is 37.9 Å². The molecule has 1 aliphatic carbocycles. The second-order valence-electron chi connectivity index (χ2n) is 9.53. The van der Waals surface area contributed by atoms with Crippen molar-refractivity contribution in [3.8, 4) is 5.75 Å². The Morgan fingerprint density at radius 2 is 2.34 bits per heavy atom. The predicted octanol–water partition coefficient (Wildman–Crippen LogP) is 1.87. The lowest BCUT2D eigenvalue weighted by atomic mass is 9.86. The number of thiophene rings is 1. The first-order valence-corrected chi connectivity index (χ1v) is 11.9. The van der Waals surface area contributed by atoms with Crippen LogP contribution in [0.2, 0.25) is 0 Å². The molecule has 3 aliphatic heterocycles. The number of carbonyl (C=O) groups excluding carboxylic acids is 1. The van der Waals surface area contributed by atoms with Gasteiger partial charge in [-0.2, -0.15) is 0 Å². The van der Waals surface area contributed by atoms with Gasteiger partial charge in [0.25, 0.3) is 5.91 Å². The lowest BCUT2D eigenvalue weighted by Crippen LogP contribution is -2.59. The van der Waals surface area contributed by atoms with E-state index in [2.05, 4.69) is 26.6 Å². The number of aryl methyl sites for hydroxylation is 1. The van der Waals surface area contributed by atoms with Gasteiger partial charge in [0.05, 0.1) is 17.8 Å². The molecule has 4 N–H and O–H groups in total. The number of aromatic nitrogens is 2. The highest BCUT2D eigenvalue weighted by molar-refractivity contribution is 7.21. The number of hydrogen-bond acceptors (Lipinski definition) is 8. The molecule has 8 nitrogen and oxygen atoms in total. The Morgan fingerprint density at radius 1 is 1.44 bits per heavy atom. The fourth-order valence-electron chi connectivity index (χ4n) is 5.69. The Kier molecular flexibility index (Phi) is 3.68. The molecule has 0 aromatic carbocycles. The maximum atomic E-state index is 12.9. The summed E-state index contributed by atoms with van der Waals surface area (Å²) in [6.07, 6.45) is 3.89. The number of pyridine rings is 2. The minimum absolute atomic E-state index is 0.125. The van der Waals surface area contributed by atoms with Gasteiger partial charge >= 0.3 is 0 Å². The third-order valence-electron chi connectivity index (χ3n) is 7.58. The van der Waals surface area contributed by atoms with Gasteiger partial charge in [0.2, 0.25) is 0 Å². The first-order chi connectivity index (χ1) is 15.5. The van der Waals surface area contributed by atoms with Gasteiger partial charge in [-0.15, -0.1) is 11.3 Å². The Bertz CT molecular complexity index is 1290. The third-order valence-corrected chi connectivity index (χ3v) is 8.70. The van der Waals surface area contributed by atoms with Crippen LogP contribution in [0.15, 0.2) is 24.4 Å². The standard InChI is InChI=1S/C23H24N6O2S/c1-11-2-3-14-19(24)20(32-22(14)27-11)21(30)28-13-4-12-7-26-18(5-15(12)31-9-13)29-10-23-6-16(23)25-8-17(23)29/h2-3,5,7,13,16-17,25H,4,6,8-10,24H2,1H3,(H,28,30)/t13-,16?,17?,23?/m1/s1. The number of nitrogens with zero attached hydrogens (tertiary/aromatic N) is 3. The molecule has 0 bridgehead atoms. The van der Waals surface area contributed by atoms with E-state index in [0.29, 0.717) is 35.0 Å². The molecule has 164 valence electrons. The topological polar surface area (TPSA) is 105 Å².